The molecule has 1 aromatic carbocycles. The number of aliphatic hydroxyl groups is 1. The molecule has 3 rings (SSSR count). The molecule has 2 aromatic rings. The van der Waals surface area contributed by atoms with Crippen molar-refractivity contribution in [1.29, 1.82) is 0 Å². The predicted octanol–water partition coefficient (Wildman–Crippen LogP) is 3.68. The fraction of sp³-hybridized carbons (Fsp3) is 0.375. The van der Waals surface area contributed by atoms with Gasteiger partial charge in [-0.15, -0.1) is 0 Å². The van der Waals surface area contributed by atoms with E-state index in [0.29, 0.717) is 6.54 Å². The van der Waals surface area contributed by atoms with E-state index >= 15 is 0 Å². The molecule has 1 fully saturated rings. The zero-order valence-corrected chi connectivity index (χ0v) is 12.1. The maximum atomic E-state index is 10.1. The molecule has 0 spiro atoms. The van der Waals surface area contributed by atoms with Gasteiger partial charge < -0.3 is 15.2 Å². The third-order valence-corrected chi connectivity index (χ3v) is 4.17. The summed E-state index contributed by atoms with van der Waals surface area (Å²) in [6.07, 6.45) is 2.08. The Kier molecular flexibility index (Phi) is 4.23. The Bertz CT molecular complexity index is 537. The van der Waals surface area contributed by atoms with Crippen LogP contribution in [0.4, 0.5) is 5.69 Å². The van der Waals surface area contributed by atoms with E-state index in [0.717, 1.165) is 29.5 Å². The van der Waals surface area contributed by atoms with Gasteiger partial charge in [0.25, 0.3) is 0 Å². The Labute approximate surface area is 123 Å². The van der Waals surface area contributed by atoms with Crippen LogP contribution in [0.3, 0.4) is 0 Å². The highest BCUT2D eigenvalue weighted by Gasteiger charge is 2.22. The number of ether oxygens (including phenoxy) is 1. The van der Waals surface area contributed by atoms with Crippen molar-refractivity contribution in [1.82, 2.24) is 0 Å². The van der Waals surface area contributed by atoms with Gasteiger partial charge in [-0.1, -0.05) is 12.1 Å². The molecule has 1 unspecified atom stereocenters. The zero-order chi connectivity index (χ0) is 13.8. The standard InChI is InChI=1S/C16H19NO2S/c18-15(13-7-8-20-11-13)9-17-14-3-1-2-4-16(14)19-10-12-5-6-12/h1-4,7-8,11-12,15,17-18H,5-6,9-10H2. The minimum Gasteiger partial charge on any atom is -0.491 e. The average Bonchev–Trinajstić information content (AvgIpc) is 3.14. The normalized spacial score (nSPS) is 15.8. The Morgan fingerprint density at radius 3 is 2.90 bits per heavy atom. The smallest absolute Gasteiger partial charge is 0.142 e. The molecule has 4 heteroatoms. The lowest BCUT2D eigenvalue weighted by Crippen LogP contribution is -2.12. The van der Waals surface area contributed by atoms with Gasteiger partial charge in [0, 0.05) is 6.54 Å². The zero-order valence-electron chi connectivity index (χ0n) is 11.3. The first-order valence-corrected chi connectivity index (χ1v) is 7.93. The van der Waals surface area contributed by atoms with Crippen molar-refractivity contribution in [2.24, 2.45) is 5.92 Å². The third kappa shape index (κ3) is 3.52. The van der Waals surface area contributed by atoms with Crippen molar-refractivity contribution >= 4 is 17.0 Å². The number of nitrogens with one attached hydrogen (secondary N) is 1. The number of hydrogen-bond donors (Lipinski definition) is 2. The van der Waals surface area contributed by atoms with E-state index in [2.05, 4.69) is 5.32 Å². The highest BCUT2D eigenvalue weighted by Crippen LogP contribution is 2.32. The Morgan fingerprint density at radius 2 is 2.15 bits per heavy atom. The second-order valence-electron chi connectivity index (χ2n) is 5.20. The van der Waals surface area contributed by atoms with Crippen LogP contribution in [-0.2, 0) is 0 Å². The van der Waals surface area contributed by atoms with Crippen molar-refractivity contribution in [3.63, 3.8) is 0 Å². The maximum Gasteiger partial charge on any atom is 0.142 e. The van der Waals surface area contributed by atoms with E-state index in [1.54, 1.807) is 11.3 Å². The Balaban J connectivity index is 1.58. The lowest BCUT2D eigenvalue weighted by atomic mass is 10.2. The molecule has 1 aliphatic rings. The van der Waals surface area contributed by atoms with Gasteiger partial charge in [0.05, 0.1) is 18.4 Å². The van der Waals surface area contributed by atoms with E-state index in [-0.39, 0.29) is 0 Å². The number of aliphatic hydroxyl groups excluding tert-OH is 1. The van der Waals surface area contributed by atoms with Gasteiger partial charge in [-0.05, 0) is 53.3 Å². The van der Waals surface area contributed by atoms with Crippen molar-refractivity contribution in [3.05, 3.63) is 46.7 Å². The van der Waals surface area contributed by atoms with Crippen LogP contribution in [0.5, 0.6) is 5.75 Å². The first-order valence-electron chi connectivity index (χ1n) is 6.99. The number of anilines is 1. The van der Waals surface area contributed by atoms with Gasteiger partial charge in [-0.3, -0.25) is 0 Å². The van der Waals surface area contributed by atoms with E-state index < -0.39 is 6.10 Å². The molecular formula is C16H19NO2S. The van der Waals surface area contributed by atoms with Gasteiger partial charge in [0.2, 0.25) is 0 Å². The van der Waals surface area contributed by atoms with Gasteiger partial charge in [0.15, 0.2) is 0 Å². The fourth-order valence-electron chi connectivity index (χ4n) is 2.02. The minimum absolute atomic E-state index is 0.487. The number of para-hydroxylation sites is 2. The van der Waals surface area contributed by atoms with Crippen LogP contribution in [0.25, 0.3) is 0 Å². The molecule has 1 aromatic heterocycles. The maximum absolute atomic E-state index is 10.1. The van der Waals surface area contributed by atoms with Gasteiger partial charge in [0.1, 0.15) is 5.75 Å². The number of benzene rings is 1. The average molecular weight is 289 g/mol. The van der Waals surface area contributed by atoms with Crippen molar-refractivity contribution in [2.75, 3.05) is 18.5 Å². The van der Waals surface area contributed by atoms with Crippen LogP contribution in [0.1, 0.15) is 24.5 Å². The van der Waals surface area contributed by atoms with E-state index in [1.165, 1.54) is 12.8 Å². The van der Waals surface area contributed by atoms with Crippen molar-refractivity contribution in [2.45, 2.75) is 18.9 Å². The van der Waals surface area contributed by atoms with Crippen LogP contribution in [0.2, 0.25) is 0 Å². The molecule has 20 heavy (non-hydrogen) atoms. The molecule has 0 aliphatic heterocycles. The monoisotopic (exact) mass is 289 g/mol. The lowest BCUT2D eigenvalue weighted by Gasteiger charge is -2.15. The Morgan fingerprint density at radius 1 is 1.30 bits per heavy atom. The van der Waals surface area contributed by atoms with E-state index in [4.69, 9.17) is 4.74 Å². The third-order valence-electron chi connectivity index (χ3n) is 3.47. The highest BCUT2D eigenvalue weighted by molar-refractivity contribution is 7.07. The van der Waals surface area contributed by atoms with Gasteiger partial charge in [-0.2, -0.15) is 11.3 Å². The van der Waals surface area contributed by atoms with E-state index in [1.807, 2.05) is 41.1 Å². The van der Waals surface area contributed by atoms with Crippen LogP contribution in [0.15, 0.2) is 41.1 Å². The first kappa shape index (κ1) is 13.5. The summed E-state index contributed by atoms with van der Waals surface area (Å²) in [5.74, 6) is 1.61. The summed E-state index contributed by atoms with van der Waals surface area (Å²) in [6.45, 7) is 1.28. The van der Waals surface area contributed by atoms with Crippen LogP contribution < -0.4 is 10.1 Å². The summed E-state index contributed by atoms with van der Waals surface area (Å²) in [6, 6.07) is 9.86. The number of thiophene rings is 1. The summed E-state index contributed by atoms with van der Waals surface area (Å²) in [7, 11) is 0. The van der Waals surface area contributed by atoms with Crippen LogP contribution >= 0.6 is 11.3 Å². The molecule has 0 bridgehead atoms. The summed E-state index contributed by atoms with van der Waals surface area (Å²) >= 11 is 1.60. The lowest BCUT2D eigenvalue weighted by molar-refractivity contribution is 0.192. The summed E-state index contributed by atoms with van der Waals surface area (Å²) in [5.41, 5.74) is 1.90. The van der Waals surface area contributed by atoms with Gasteiger partial charge in [-0.25, -0.2) is 0 Å². The molecule has 1 saturated carbocycles. The molecule has 106 valence electrons. The first-order chi connectivity index (χ1) is 9.83. The van der Waals surface area contributed by atoms with Crippen molar-refractivity contribution < 1.29 is 9.84 Å². The molecule has 0 amide bonds. The molecule has 1 aliphatic carbocycles. The summed E-state index contributed by atoms with van der Waals surface area (Å²) in [4.78, 5) is 0. The SMILES string of the molecule is OC(CNc1ccccc1OCC1CC1)c1ccsc1. The molecule has 1 atom stereocenters. The summed E-state index contributed by atoms with van der Waals surface area (Å²) < 4.78 is 5.84. The van der Waals surface area contributed by atoms with Crippen LogP contribution in [-0.4, -0.2) is 18.3 Å². The molecule has 3 nitrogen and oxygen atoms in total. The predicted molar refractivity (Wildman–Crippen MR) is 82.4 cm³/mol. The second-order valence-corrected chi connectivity index (χ2v) is 5.98. The van der Waals surface area contributed by atoms with E-state index in [9.17, 15) is 5.11 Å². The Hall–Kier alpha value is -1.52. The fourth-order valence-corrected chi connectivity index (χ4v) is 2.73. The molecular weight excluding hydrogens is 270 g/mol. The second kappa shape index (κ2) is 6.29. The molecule has 1 heterocycles. The largest absolute Gasteiger partial charge is 0.491 e. The summed E-state index contributed by atoms with van der Waals surface area (Å²) in [5, 5.41) is 17.3. The molecule has 0 saturated heterocycles. The number of rotatable bonds is 7. The van der Waals surface area contributed by atoms with Gasteiger partial charge >= 0.3 is 0 Å². The number of hydrogen-bond acceptors (Lipinski definition) is 4. The molecule has 0 radical (unpaired) electrons. The topological polar surface area (TPSA) is 41.5 Å². The quantitative estimate of drug-likeness (QED) is 0.817. The highest BCUT2D eigenvalue weighted by atomic mass is 32.1. The van der Waals surface area contributed by atoms with Crippen LogP contribution in [0, 0.1) is 5.92 Å². The minimum atomic E-state index is -0.488. The van der Waals surface area contributed by atoms with Crippen molar-refractivity contribution in [3.8, 4) is 5.75 Å². The molecule has 2 N–H and O–H groups in total.